The molecule has 0 saturated heterocycles. The third-order valence-corrected chi connectivity index (χ3v) is 2.16. The Bertz CT molecular complexity index is 532. The Morgan fingerprint density at radius 2 is 2.19 bits per heavy atom. The van der Waals surface area contributed by atoms with Gasteiger partial charge in [-0.15, -0.1) is 0 Å². The summed E-state index contributed by atoms with van der Waals surface area (Å²) in [6, 6.07) is 8.51. The molecule has 0 fully saturated rings. The lowest BCUT2D eigenvalue weighted by atomic mass is 10.0. The summed E-state index contributed by atoms with van der Waals surface area (Å²) < 4.78 is 13.0. The number of hydrogen-bond donors (Lipinski definition) is 0. The van der Waals surface area contributed by atoms with Gasteiger partial charge in [-0.25, -0.2) is 4.98 Å². The number of pyridine rings is 2. The van der Waals surface area contributed by atoms with E-state index in [4.69, 9.17) is 5.26 Å². The molecular weight excluding hydrogens is 205 g/mol. The van der Waals surface area contributed by atoms with Crippen molar-refractivity contribution in [3.63, 3.8) is 0 Å². The molecule has 0 aliphatic rings. The van der Waals surface area contributed by atoms with Gasteiger partial charge in [0.1, 0.15) is 0 Å². The van der Waals surface area contributed by atoms with Crippen LogP contribution in [-0.4, -0.2) is 9.97 Å². The fourth-order valence-corrected chi connectivity index (χ4v) is 1.47. The minimum Gasteiger partial charge on any atom is -0.264 e. The van der Waals surface area contributed by atoms with Gasteiger partial charge in [0.05, 0.1) is 18.2 Å². The van der Waals surface area contributed by atoms with E-state index in [2.05, 4.69) is 9.97 Å². The fourth-order valence-electron chi connectivity index (χ4n) is 1.47. The summed E-state index contributed by atoms with van der Waals surface area (Å²) in [5, 5.41) is 8.65. The first-order valence-corrected chi connectivity index (χ1v) is 4.74. The Labute approximate surface area is 92.2 Å². The Kier molecular flexibility index (Phi) is 2.88. The normalized spacial score (nSPS) is 9.75. The molecule has 0 atom stereocenters. The lowest BCUT2D eigenvalue weighted by molar-refractivity contribution is 0.579. The number of nitriles is 1. The van der Waals surface area contributed by atoms with Crippen molar-refractivity contribution in [3.8, 4) is 17.2 Å². The molecule has 16 heavy (non-hydrogen) atoms. The van der Waals surface area contributed by atoms with Crippen LogP contribution in [0.1, 0.15) is 5.69 Å². The molecule has 78 valence electrons. The Morgan fingerprint density at radius 3 is 2.88 bits per heavy atom. The monoisotopic (exact) mass is 213 g/mol. The molecule has 0 unspecified atom stereocenters. The highest BCUT2D eigenvalue weighted by Crippen LogP contribution is 2.21. The third kappa shape index (κ3) is 2.04. The molecule has 0 radical (unpaired) electrons. The number of aromatic nitrogens is 2. The molecule has 0 amide bonds. The van der Waals surface area contributed by atoms with Crippen molar-refractivity contribution in [2.24, 2.45) is 0 Å². The topological polar surface area (TPSA) is 49.6 Å². The molecule has 2 heterocycles. The van der Waals surface area contributed by atoms with Gasteiger partial charge in [0.25, 0.3) is 0 Å². The van der Waals surface area contributed by atoms with Gasteiger partial charge >= 0.3 is 0 Å². The van der Waals surface area contributed by atoms with E-state index < -0.39 is 5.95 Å². The van der Waals surface area contributed by atoms with Gasteiger partial charge in [-0.05, 0) is 18.2 Å². The first-order valence-electron chi connectivity index (χ1n) is 4.74. The number of rotatable bonds is 2. The Hall–Kier alpha value is -2.28. The van der Waals surface area contributed by atoms with E-state index in [-0.39, 0.29) is 6.42 Å². The lowest BCUT2D eigenvalue weighted by Gasteiger charge is -2.05. The van der Waals surface area contributed by atoms with Crippen molar-refractivity contribution in [2.75, 3.05) is 0 Å². The molecule has 2 rings (SSSR count). The van der Waals surface area contributed by atoms with Crippen LogP contribution in [-0.2, 0) is 6.42 Å². The molecule has 0 N–H and O–H groups in total. The van der Waals surface area contributed by atoms with Crippen LogP contribution in [0.3, 0.4) is 0 Å². The van der Waals surface area contributed by atoms with E-state index in [9.17, 15) is 4.39 Å². The lowest BCUT2D eigenvalue weighted by Crippen LogP contribution is -1.96. The van der Waals surface area contributed by atoms with E-state index >= 15 is 0 Å². The van der Waals surface area contributed by atoms with Crippen LogP contribution >= 0.6 is 0 Å². The summed E-state index contributed by atoms with van der Waals surface area (Å²) in [7, 11) is 0. The predicted molar refractivity (Wildman–Crippen MR) is 56.7 cm³/mol. The summed E-state index contributed by atoms with van der Waals surface area (Å²) in [6.45, 7) is 0. The highest BCUT2D eigenvalue weighted by Gasteiger charge is 2.07. The molecule has 0 aliphatic heterocycles. The summed E-state index contributed by atoms with van der Waals surface area (Å²) in [6.07, 6.45) is 3.40. The van der Waals surface area contributed by atoms with E-state index in [1.807, 2.05) is 12.1 Å². The maximum atomic E-state index is 13.0. The minimum atomic E-state index is -0.571. The zero-order valence-electron chi connectivity index (χ0n) is 8.39. The first-order chi connectivity index (χ1) is 7.81. The summed E-state index contributed by atoms with van der Waals surface area (Å²) in [5.74, 6) is -0.571. The maximum Gasteiger partial charge on any atom is 0.213 e. The molecule has 4 heteroatoms. The van der Waals surface area contributed by atoms with E-state index in [1.54, 1.807) is 24.5 Å². The molecule has 0 aromatic carbocycles. The minimum absolute atomic E-state index is 0.0853. The maximum absolute atomic E-state index is 13.0. The van der Waals surface area contributed by atoms with Gasteiger partial charge in [-0.2, -0.15) is 9.65 Å². The quantitative estimate of drug-likeness (QED) is 0.719. The fraction of sp³-hybridized carbons (Fsp3) is 0.0833. The van der Waals surface area contributed by atoms with Crippen LogP contribution in [0.25, 0.3) is 11.1 Å². The summed E-state index contributed by atoms with van der Waals surface area (Å²) in [4.78, 5) is 7.70. The average Bonchev–Trinajstić information content (AvgIpc) is 2.31. The van der Waals surface area contributed by atoms with Crippen LogP contribution in [0.4, 0.5) is 4.39 Å². The van der Waals surface area contributed by atoms with E-state index in [0.717, 1.165) is 11.1 Å². The van der Waals surface area contributed by atoms with Gasteiger partial charge < -0.3 is 0 Å². The smallest absolute Gasteiger partial charge is 0.213 e. The highest BCUT2D eigenvalue weighted by atomic mass is 19.1. The van der Waals surface area contributed by atoms with Crippen LogP contribution in [0.2, 0.25) is 0 Å². The Balaban J connectivity index is 2.53. The second-order valence-corrected chi connectivity index (χ2v) is 3.20. The largest absolute Gasteiger partial charge is 0.264 e. The molecule has 0 spiro atoms. The third-order valence-electron chi connectivity index (χ3n) is 2.16. The number of halogens is 1. The molecular formula is C12H8FN3. The van der Waals surface area contributed by atoms with E-state index in [1.165, 1.54) is 6.07 Å². The molecule has 0 aliphatic carbocycles. The zero-order valence-corrected chi connectivity index (χ0v) is 8.39. The number of nitrogens with zero attached hydrogens (tertiary/aromatic N) is 3. The Morgan fingerprint density at radius 1 is 1.31 bits per heavy atom. The highest BCUT2D eigenvalue weighted by molar-refractivity contribution is 5.65. The zero-order chi connectivity index (χ0) is 11.4. The van der Waals surface area contributed by atoms with Gasteiger partial charge in [-0.3, -0.25) is 4.98 Å². The average molecular weight is 213 g/mol. The molecule has 0 bridgehead atoms. The van der Waals surface area contributed by atoms with Gasteiger partial charge in [-0.1, -0.05) is 6.07 Å². The van der Waals surface area contributed by atoms with Crippen LogP contribution < -0.4 is 0 Å². The molecule has 2 aromatic heterocycles. The van der Waals surface area contributed by atoms with Crippen molar-refractivity contribution >= 4 is 0 Å². The van der Waals surface area contributed by atoms with Crippen molar-refractivity contribution in [2.45, 2.75) is 6.42 Å². The molecule has 3 nitrogen and oxygen atoms in total. The van der Waals surface area contributed by atoms with E-state index in [0.29, 0.717) is 5.69 Å². The molecule has 2 aromatic rings. The van der Waals surface area contributed by atoms with Crippen molar-refractivity contribution in [3.05, 3.63) is 48.3 Å². The van der Waals surface area contributed by atoms with Crippen molar-refractivity contribution in [1.82, 2.24) is 9.97 Å². The first kappa shape index (κ1) is 10.2. The second-order valence-electron chi connectivity index (χ2n) is 3.20. The standard InChI is InChI=1S/C12H8FN3/c13-12-4-3-10(11(16-12)5-6-14)9-2-1-7-15-8-9/h1-4,7-8H,5H2. The SMILES string of the molecule is N#CCc1nc(F)ccc1-c1cccnc1. The summed E-state index contributed by atoms with van der Waals surface area (Å²) in [5.41, 5.74) is 2.02. The van der Waals surface area contributed by atoms with Crippen LogP contribution in [0.15, 0.2) is 36.7 Å². The second kappa shape index (κ2) is 4.49. The summed E-state index contributed by atoms with van der Waals surface area (Å²) >= 11 is 0. The van der Waals surface area contributed by atoms with Crippen molar-refractivity contribution in [1.29, 1.82) is 5.26 Å². The predicted octanol–water partition coefficient (Wildman–Crippen LogP) is 2.35. The van der Waals surface area contributed by atoms with Gasteiger partial charge in [0.2, 0.25) is 5.95 Å². The van der Waals surface area contributed by atoms with Crippen LogP contribution in [0.5, 0.6) is 0 Å². The van der Waals surface area contributed by atoms with Gasteiger partial charge in [0, 0.05) is 23.5 Å². The van der Waals surface area contributed by atoms with Gasteiger partial charge in [0.15, 0.2) is 0 Å². The number of hydrogen-bond acceptors (Lipinski definition) is 3. The molecule has 0 saturated carbocycles. The van der Waals surface area contributed by atoms with Crippen molar-refractivity contribution < 1.29 is 4.39 Å². The van der Waals surface area contributed by atoms with Crippen LogP contribution in [0, 0.1) is 17.3 Å².